The highest BCUT2D eigenvalue weighted by Crippen LogP contribution is 2.22. The van der Waals surface area contributed by atoms with E-state index in [1.807, 2.05) is 32.9 Å². The maximum absolute atomic E-state index is 12.5. The van der Waals surface area contributed by atoms with Crippen molar-refractivity contribution >= 4 is 22.4 Å². The Balaban J connectivity index is 2.86. The van der Waals surface area contributed by atoms with Crippen molar-refractivity contribution in [3.05, 3.63) is 23.8 Å². The zero-order chi connectivity index (χ0) is 15.3. The summed E-state index contributed by atoms with van der Waals surface area (Å²) in [6, 6.07) is 5.53. The summed E-state index contributed by atoms with van der Waals surface area (Å²) in [7, 11) is -1.44. The lowest BCUT2D eigenvalue weighted by molar-refractivity contribution is -0.121. The van der Waals surface area contributed by atoms with Crippen LogP contribution in [-0.4, -0.2) is 21.4 Å². The Morgan fingerprint density at radius 2 is 1.95 bits per heavy atom. The van der Waals surface area contributed by atoms with E-state index in [2.05, 4.69) is 5.32 Å². The largest absolute Gasteiger partial charge is 0.398 e. The van der Waals surface area contributed by atoms with Crippen LogP contribution in [0.3, 0.4) is 0 Å². The Hall–Kier alpha value is -1.36. The number of aryl methyl sites for hydroxylation is 1. The molecule has 0 aliphatic rings. The molecule has 2 unspecified atom stereocenters. The predicted octanol–water partition coefficient (Wildman–Crippen LogP) is 2.38. The van der Waals surface area contributed by atoms with Crippen molar-refractivity contribution < 1.29 is 9.00 Å². The van der Waals surface area contributed by atoms with Crippen LogP contribution < -0.4 is 11.1 Å². The SMILES string of the molecule is CCC(CC)NC(=O)C(C)S(=O)c1cccc(C)c1N. The smallest absolute Gasteiger partial charge is 0.236 e. The Morgan fingerprint density at radius 3 is 2.50 bits per heavy atom. The minimum Gasteiger partial charge on any atom is -0.398 e. The van der Waals surface area contributed by atoms with E-state index in [1.165, 1.54) is 0 Å². The van der Waals surface area contributed by atoms with E-state index in [0.717, 1.165) is 18.4 Å². The van der Waals surface area contributed by atoms with Gasteiger partial charge in [0.05, 0.1) is 21.4 Å². The van der Waals surface area contributed by atoms with Gasteiger partial charge in [-0.1, -0.05) is 26.0 Å². The van der Waals surface area contributed by atoms with Crippen LogP contribution in [0.15, 0.2) is 23.1 Å². The predicted molar refractivity (Wildman–Crippen MR) is 84.0 cm³/mol. The van der Waals surface area contributed by atoms with Crippen molar-refractivity contribution in [2.24, 2.45) is 0 Å². The zero-order valence-electron chi connectivity index (χ0n) is 12.6. The van der Waals surface area contributed by atoms with E-state index in [0.29, 0.717) is 10.6 Å². The van der Waals surface area contributed by atoms with Gasteiger partial charge in [0.1, 0.15) is 5.25 Å². The molecule has 0 bridgehead atoms. The van der Waals surface area contributed by atoms with Crippen molar-refractivity contribution in [1.82, 2.24) is 5.32 Å². The Bertz CT molecular complexity index is 499. The Kier molecular flexibility index (Phi) is 6.20. The van der Waals surface area contributed by atoms with Crippen LogP contribution in [0.5, 0.6) is 0 Å². The van der Waals surface area contributed by atoms with Crippen LogP contribution in [0.1, 0.15) is 39.2 Å². The molecule has 0 radical (unpaired) electrons. The van der Waals surface area contributed by atoms with Gasteiger partial charge in [0.2, 0.25) is 5.91 Å². The van der Waals surface area contributed by atoms with Crippen molar-refractivity contribution in [1.29, 1.82) is 0 Å². The number of rotatable bonds is 6. The Labute approximate surface area is 123 Å². The summed E-state index contributed by atoms with van der Waals surface area (Å²) in [6.07, 6.45) is 1.74. The first kappa shape index (κ1) is 16.7. The van der Waals surface area contributed by atoms with Gasteiger partial charge in [0, 0.05) is 6.04 Å². The average Bonchev–Trinajstić information content (AvgIpc) is 2.45. The summed E-state index contributed by atoms with van der Waals surface area (Å²) in [6.45, 7) is 7.59. The summed E-state index contributed by atoms with van der Waals surface area (Å²) in [5.41, 5.74) is 7.34. The van der Waals surface area contributed by atoms with E-state index in [1.54, 1.807) is 13.0 Å². The summed E-state index contributed by atoms with van der Waals surface area (Å²) in [5.74, 6) is -0.182. The number of nitrogen functional groups attached to an aromatic ring is 1. The average molecular weight is 296 g/mol. The van der Waals surface area contributed by atoms with Crippen LogP contribution in [0, 0.1) is 6.92 Å². The molecule has 0 saturated heterocycles. The first-order chi connectivity index (χ1) is 9.42. The molecule has 112 valence electrons. The molecule has 5 heteroatoms. The number of para-hydroxylation sites is 1. The highest BCUT2D eigenvalue weighted by Gasteiger charge is 2.24. The van der Waals surface area contributed by atoms with E-state index in [9.17, 15) is 9.00 Å². The molecular formula is C15H24N2O2S. The molecule has 1 amide bonds. The van der Waals surface area contributed by atoms with Gasteiger partial charge in [-0.25, -0.2) is 0 Å². The lowest BCUT2D eigenvalue weighted by Gasteiger charge is -2.19. The van der Waals surface area contributed by atoms with Crippen molar-refractivity contribution in [2.75, 3.05) is 5.73 Å². The second-order valence-corrected chi connectivity index (χ2v) is 6.69. The van der Waals surface area contributed by atoms with Crippen LogP contribution in [0.25, 0.3) is 0 Å². The van der Waals surface area contributed by atoms with Gasteiger partial charge in [-0.3, -0.25) is 9.00 Å². The van der Waals surface area contributed by atoms with Gasteiger partial charge in [-0.15, -0.1) is 0 Å². The fraction of sp³-hybridized carbons (Fsp3) is 0.533. The lowest BCUT2D eigenvalue weighted by Crippen LogP contribution is -2.41. The van der Waals surface area contributed by atoms with Crippen LogP contribution in [0.4, 0.5) is 5.69 Å². The second-order valence-electron chi connectivity index (χ2n) is 4.95. The maximum Gasteiger partial charge on any atom is 0.236 e. The third kappa shape index (κ3) is 3.82. The fourth-order valence-corrected chi connectivity index (χ4v) is 3.16. The highest BCUT2D eigenvalue weighted by atomic mass is 32.2. The van der Waals surface area contributed by atoms with E-state index < -0.39 is 16.0 Å². The monoisotopic (exact) mass is 296 g/mol. The fourth-order valence-electron chi connectivity index (χ4n) is 1.93. The Morgan fingerprint density at radius 1 is 1.35 bits per heavy atom. The molecule has 0 spiro atoms. The maximum atomic E-state index is 12.5. The standard InChI is InChI=1S/C15H24N2O2S/c1-5-12(6-2)17-15(18)11(4)20(19)13-9-7-8-10(3)14(13)16/h7-9,11-12H,5-6,16H2,1-4H3,(H,17,18). The molecule has 0 saturated carbocycles. The number of hydrogen-bond acceptors (Lipinski definition) is 3. The number of nitrogens with one attached hydrogen (secondary N) is 1. The summed E-state index contributed by atoms with van der Waals surface area (Å²) in [4.78, 5) is 12.7. The molecule has 0 heterocycles. The molecule has 4 nitrogen and oxygen atoms in total. The normalized spacial score (nSPS) is 14.1. The molecule has 0 aromatic heterocycles. The summed E-state index contributed by atoms with van der Waals surface area (Å²) < 4.78 is 12.5. The number of nitrogens with two attached hydrogens (primary N) is 1. The second kappa shape index (κ2) is 7.43. The highest BCUT2D eigenvalue weighted by molar-refractivity contribution is 7.86. The van der Waals surface area contributed by atoms with E-state index in [4.69, 9.17) is 5.73 Å². The van der Waals surface area contributed by atoms with Crippen LogP contribution in [-0.2, 0) is 15.6 Å². The lowest BCUT2D eigenvalue weighted by atomic mass is 10.2. The number of carbonyl (C=O) groups excluding carboxylic acids is 1. The van der Waals surface area contributed by atoms with Gasteiger partial charge in [0.15, 0.2) is 0 Å². The molecule has 3 N–H and O–H groups in total. The van der Waals surface area contributed by atoms with Gasteiger partial charge < -0.3 is 11.1 Å². The molecule has 2 atom stereocenters. The molecule has 0 aliphatic carbocycles. The zero-order valence-corrected chi connectivity index (χ0v) is 13.4. The van der Waals surface area contributed by atoms with Gasteiger partial charge in [0.25, 0.3) is 0 Å². The first-order valence-electron chi connectivity index (χ1n) is 6.98. The van der Waals surface area contributed by atoms with Gasteiger partial charge >= 0.3 is 0 Å². The van der Waals surface area contributed by atoms with Gasteiger partial charge in [-0.2, -0.15) is 0 Å². The first-order valence-corrected chi connectivity index (χ1v) is 8.19. The molecule has 1 rings (SSSR count). The van der Waals surface area contributed by atoms with Crippen molar-refractivity contribution in [2.45, 2.75) is 56.7 Å². The van der Waals surface area contributed by atoms with Crippen LogP contribution >= 0.6 is 0 Å². The van der Waals surface area contributed by atoms with Crippen LogP contribution in [0.2, 0.25) is 0 Å². The quantitative estimate of drug-likeness (QED) is 0.792. The molecule has 0 fully saturated rings. The molecule has 20 heavy (non-hydrogen) atoms. The third-order valence-corrected chi connectivity index (χ3v) is 5.17. The minimum atomic E-state index is -1.44. The number of amides is 1. The molecule has 0 aliphatic heterocycles. The van der Waals surface area contributed by atoms with E-state index in [-0.39, 0.29) is 11.9 Å². The topological polar surface area (TPSA) is 72.2 Å². The number of benzene rings is 1. The molecule has 1 aromatic rings. The van der Waals surface area contributed by atoms with Crippen molar-refractivity contribution in [3.63, 3.8) is 0 Å². The minimum absolute atomic E-state index is 0.136. The summed E-state index contributed by atoms with van der Waals surface area (Å²) >= 11 is 0. The third-order valence-electron chi connectivity index (χ3n) is 3.52. The summed E-state index contributed by atoms with van der Waals surface area (Å²) in [5, 5.41) is 2.32. The van der Waals surface area contributed by atoms with E-state index >= 15 is 0 Å². The van der Waals surface area contributed by atoms with Gasteiger partial charge in [-0.05, 0) is 38.3 Å². The number of carbonyl (C=O) groups is 1. The molecular weight excluding hydrogens is 272 g/mol. The molecule has 1 aromatic carbocycles. The number of anilines is 1. The number of hydrogen-bond donors (Lipinski definition) is 2. The van der Waals surface area contributed by atoms with Crippen molar-refractivity contribution in [3.8, 4) is 0 Å².